The van der Waals surface area contributed by atoms with Gasteiger partial charge in [0.25, 0.3) is 0 Å². The molecule has 10 heteroatoms. The van der Waals surface area contributed by atoms with Gasteiger partial charge in [-0.3, -0.25) is 0 Å². The molecular formula is C28H27FN2O6S. The maximum Gasteiger partial charge on any atom is 0.339 e. The number of aromatic nitrogens is 1. The minimum absolute atomic E-state index is 0.0306. The van der Waals surface area contributed by atoms with Crippen LogP contribution in [0.3, 0.4) is 0 Å². The monoisotopic (exact) mass is 538 g/mol. The summed E-state index contributed by atoms with van der Waals surface area (Å²) >= 11 is 0. The number of pyridine rings is 1. The largest absolute Gasteiger partial charge is 0.493 e. The van der Waals surface area contributed by atoms with E-state index in [1.807, 2.05) is 12.1 Å². The van der Waals surface area contributed by atoms with E-state index < -0.39 is 15.9 Å². The Morgan fingerprint density at radius 2 is 1.53 bits per heavy atom. The van der Waals surface area contributed by atoms with Crippen LogP contribution in [-0.4, -0.2) is 47.8 Å². The molecule has 38 heavy (non-hydrogen) atoms. The molecule has 0 bridgehead atoms. The van der Waals surface area contributed by atoms with Gasteiger partial charge in [-0.1, -0.05) is 12.1 Å². The number of anilines is 1. The molecule has 0 spiro atoms. The lowest BCUT2D eigenvalue weighted by molar-refractivity contribution is 0.322. The average Bonchev–Trinajstić information content (AvgIpc) is 3.47. The second-order valence-electron chi connectivity index (χ2n) is 8.78. The first kappa shape index (κ1) is 25.6. The van der Waals surface area contributed by atoms with Crippen molar-refractivity contribution in [1.29, 1.82) is 0 Å². The van der Waals surface area contributed by atoms with Gasteiger partial charge in [-0.05, 0) is 43.2 Å². The number of hydrogen-bond donors (Lipinski definition) is 0. The zero-order valence-corrected chi connectivity index (χ0v) is 22.0. The van der Waals surface area contributed by atoms with Gasteiger partial charge in [0.1, 0.15) is 10.7 Å². The smallest absolute Gasteiger partial charge is 0.339 e. The van der Waals surface area contributed by atoms with Crippen molar-refractivity contribution in [3.05, 3.63) is 66.5 Å². The van der Waals surface area contributed by atoms with Crippen LogP contribution in [0.25, 0.3) is 22.2 Å². The van der Waals surface area contributed by atoms with Crippen molar-refractivity contribution in [3.8, 4) is 34.3 Å². The third-order valence-electron chi connectivity index (χ3n) is 6.50. The Labute approximate surface area is 220 Å². The molecule has 1 aliphatic heterocycles. The summed E-state index contributed by atoms with van der Waals surface area (Å²) in [7, 11) is -0.171. The van der Waals surface area contributed by atoms with Crippen LogP contribution in [0.5, 0.6) is 23.0 Å². The summed E-state index contributed by atoms with van der Waals surface area (Å²) < 4.78 is 63.5. The fourth-order valence-electron chi connectivity index (χ4n) is 4.60. The van der Waals surface area contributed by atoms with Gasteiger partial charge in [0, 0.05) is 47.9 Å². The van der Waals surface area contributed by atoms with Crippen molar-refractivity contribution in [3.63, 3.8) is 0 Å². The predicted octanol–water partition coefficient (Wildman–Crippen LogP) is 5.43. The summed E-state index contributed by atoms with van der Waals surface area (Å²) in [5.41, 5.74) is 1.89. The molecule has 4 aromatic rings. The van der Waals surface area contributed by atoms with Gasteiger partial charge in [-0.15, -0.1) is 0 Å². The fraction of sp³-hybridized carbons (Fsp3) is 0.250. The molecule has 5 rings (SSSR count). The number of rotatable bonds is 8. The van der Waals surface area contributed by atoms with Crippen LogP contribution < -0.4 is 23.3 Å². The molecule has 0 N–H and O–H groups in total. The van der Waals surface area contributed by atoms with E-state index in [1.165, 1.54) is 45.6 Å². The molecule has 3 aromatic carbocycles. The molecule has 198 valence electrons. The molecule has 1 aromatic heterocycles. The highest BCUT2D eigenvalue weighted by Gasteiger charge is 2.25. The molecule has 0 amide bonds. The molecule has 1 aliphatic rings. The van der Waals surface area contributed by atoms with E-state index in [1.54, 1.807) is 24.3 Å². The van der Waals surface area contributed by atoms with E-state index >= 15 is 0 Å². The summed E-state index contributed by atoms with van der Waals surface area (Å²) in [4.78, 5) is 6.65. The van der Waals surface area contributed by atoms with E-state index in [2.05, 4.69) is 9.88 Å². The number of ether oxygens (including phenoxy) is 3. The normalized spacial score (nSPS) is 13.5. The SMILES string of the molecule is COc1cc(S(=O)(=O)Oc2cc(-c3ccccc3F)nc3ccc(N4CCCC4)cc23)cc(OC)c1OC. The van der Waals surface area contributed by atoms with Crippen molar-refractivity contribution < 1.29 is 31.2 Å². The Hall–Kier alpha value is -4.05. The summed E-state index contributed by atoms with van der Waals surface area (Å²) in [6.45, 7) is 1.82. The molecule has 0 saturated carbocycles. The Bertz CT molecular complexity index is 1580. The first-order chi connectivity index (χ1) is 18.3. The Morgan fingerprint density at radius 1 is 0.842 bits per heavy atom. The molecule has 1 saturated heterocycles. The lowest BCUT2D eigenvalue weighted by Gasteiger charge is -2.19. The number of fused-ring (bicyclic) bond motifs is 1. The van der Waals surface area contributed by atoms with E-state index in [-0.39, 0.29) is 39.2 Å². The number of methoxy groups -OCH3 is 3. The van der Waals surface area contributed by atoms with E-state index in [0.717, 1.165) is 31.6 Å². The van der Waals surface area contributed by atoms with Crippen LogP contribution in [0.15, 0.2) is 65.6 Å². The minimum atomic E-state index is -4.39. The third kappa shape index (κ3) is 4.79. The van der Waals surface area contributed by atoms with Gasteiger partial charge in [0.15, 0.2) is 17.2 Å². The highest BCUT2D eigenvalue weighted by Crippen LogP contribution is 2.41. The van der Waals surface area contributed by atoms with Crippen LogP contribution in [0.4, 0.5) is 10.1 Å². The average molecular weight is 539 g/mol. The van der Waals surface area contributed by atoms with Gasteiger partial charge in [0.2, 0.25) is 5.75 Å². The minimum Gasteiger partial charge on any atom is -0.493 e. The van der Waals surface area contributed by atoms with Gasteiger partial charge < -0.3 is 23.3 Å². The summed E-state index contributed by atoms with van der Waals surface area (Å²) in [5, 5.41) is 0.491. The second-order valence-corrected chi connectivity index (χ2v) is 10.3. The molecule has 8 nitrogen and oxygen atoms in total. The van der Waals surface area contributed by atoms with Crippen LogP contribution in [0.2, 0.25) is 0 Å². The van der Waals surface area contributed by atoms with Crippen LogP contribution in [0, 0.1) is 5.82 Å². The quantitative estimate of drug-likeness (QED) is 0.274. The third-order valence-corrected chi connectivity index (χ3v) is 7.71. The standard InChI is InChI=1S/C28H27FN2O6S/c1-34-26-15-19(16-27(35-2)28(26)36-3)38(32,33)37-25-17-24(20-8-4-5-9-22(20)29)30-23-11-10-18(14-21(23)25)31-12-6-7-13-31/h4-5,8-11,14-17H,6-7,12-13H2,1-3H3. The van der Waals surface area contributed by atoms with Crippen molar-refractivity contribution in [2.24, 2.45) is 0 Å². The summed E-state index contributed by atoms with van der Waals surface area (Å²) in [5.74, 6) is 0.129. The lowest BCUT2D eigenvalue weighted by atomic mass is 10.1. The van der Waals surface area contributed by atoms with E-state index in [9.17, 15) is 12.8 Å². The second kappa shape index (κ2) is 10.4. The summed E-state index contributed by atoms with van der Waals surface area (Å²) in [6.07, 6.45) is 2.17. The van der Waals surface area contributed by atoms with E-state index in [4.69, 9.17) is 18.4 Å². The zero-order chi connectivity index (χ0) is 26.9. The van der Waals surface area contributed by atoms with Gasteiger partial charge in [0.05, 0.1) is 32.5 Å². The topological polar surface area (TPSA) is 87.2 Å². The number of nitrogens with zero attached hydrogens (tertiary/aromatic N) is 2. The molecule has 0 atom stereocenters. The highest BCUT2D eigenvalue weighted by atomic mass is 32.2. The predicted molar refractivity (Wildman–Crippen MR) is 142 cm³/mol. The first-order valence-electron chi connectivity index (χ1n) is 12.0. The first-order valence-corrected chi connectivity index (χ1v) is 13.4. The number of hydrogen-bond acceptors (Lipinski definition) is 8. The lowest BCUT2D eigenvalue weighted by Crippen LogP contribution is -2.17. The maximum atomic E-state index is 14.7. The number of halogens is 1. The Kier molecular flexibility index (Phi) is 6.98. The van der Waals surface area contributed by atoms with Gasteiger partial charge in [-0.2, -0.15) is 8.42 Å². The molecule has 0 unspecified atom stereocenters. The van der Waals surface area contributed by atoms with Crippen LogP contribution >= 0.6 is 0 Å². The Morgan fingerprint density at radius 3 is 2.16 bits per heavy atom. The molecule has 0 aliphatic carbocycles. The Balaban J connectivity index is 1.66. The van der Waals surface area contributed by atoms with Crippen molar-refractivity contribution in [1.82, 2.24) is 4.98 Å². The fourth-order valence-corrected chi connectivity index (χ4v) is 5.57. The van der Waals surface area contributed by atoms with Gasteiger partial charge in [-0.25, -0.2) is 9.37 Å². The van der Waals surface area contributed by atoms with E-state index in [0.29, 0.717) is 10.9 Å². The van der Waals surface area contributed by atoms with Crippen LogP contribution in [-0.2, 0) is 10.1 Å². The van der Waals surface area contributed by atoms with Crippen molar-refractivity contribution in [2.45, 2.75) is 17.7 Å². The number of benzene rings is 3. The molecule has 2 heterocycles. The zero-order valence-electron chi connectivity index (χ0n) is 21.2. The molecule has 0 radical (unpaired) electrons. The molecular weight excluding hydrogens is 511 g/mol. The van der Waals surface area contributed by atoms with Crippen LogP contribution in [0.1, 0.15) is 12.8 Å². The van der Waals surface area contributed by atoms with Gasteiger partial charge >= 0.3 is 10.1 Å². The maximum absolute atomic E-state index is 14.7. The highest BCUT2D eigenvalue weighted by molar-refractivity contribution is 7.87. The summed E-state index contributed by atoms with van der Waals surface area (Å²) in [6, 6.07) is 15.8. The molecule has 1 fully saturated rings. The van der Waals surface area contributed by atoms with Crippen molar-refractivity contribution in [2.75, 3.05) is 39.3 Å². The van der Waals surface area contributed by atoms with Crippen molar-refractivity contribution >= 4 is 26.7 Å².